The van der Waals surface area contributed by atoms with Gasteiger partial charge < -0.3 is 15.4 Å². The lowest BCUT2D eigenvalue weighted by Gasteiger charge is -2.17. The number of aromatic nitrogens is 4. The van der Waals surface area contributed by atoms with E-state index in [2.05, 4.69) is 25.3 Å². The number of hydrogen-bond donors (Lipinski definition) is 3. The van der Waals surface area contributed by atoms with Crippen LogP contribution in [-0.4, -0.2) is 38.2 Å². The second kappa shape index (κ2) is 6.89. The van der Waals surface area contributed by atoms with Crippen LogP contribution >= 0.6 is 11.6 Å². The third-order valence-electron chi connectivity index (χ3n) is 3.59. The Balaban J connectivity index is 1.72. The molecule has 1 atom stereocenters. The molecule has 0 aliphatic carbocycles. The number of benzene rings is 1. The maximum atomic E-state index is 13.9. The summed E-state index contributed by atoms with van der Waals surface area (Å²) < 4.78 is 13.9. The summed E-state index contributed by atoms with van der Waals surface area (Å²) in [5.74, 6) is 0.0110. The average Bonchev–Trinajstić information content (AvgIpc) is 3.03. The van der Waals surface area contributed by atoms with E-state index in [4.69, 9.17) is 11.6 Å². The molecule has 2 aromatic heterocycles. The normalized spacial score (nSPS) is 12.5. The fourth-order valence-corrected chi connectivity index (χ4v) is 2.60. The summed E-state index contributed by atoms with van der Waals surface area (Å²) >= 11 is 6.04. The predicted octanol–water partition coefficient (Wildman–Crippen LogP) is 2.41. The van der Waals surface area contributed by atoms with Gasteiger partial charge in [-0.3, -0.25) is 0 Å². The number of aliphatic hydroxyl groups is 1. The van der Waals surface area contributed by atoms with Gasteiger partial charge in [0.05, 0.1) is 6.33 Å². The van der Waals surface area contributed by atoms with Crippen molar-refractivity contribution in [2.45, 2.75) is 6.42 Å². The van der Waals surface area contributed by atoms with Crippen molar-refractivity contribution in [3.8, 4) is 0 Å². The fourth-order valence-electron chi connectivity index (χ4n) is 2.36. The zero-order valence-corrected chi connectivity index (χ0v) is 12.9. The van der Waals surface area contributed by atoms with Crippen LogP contribution in [0.4, 0.5) is 10.2 Å². The number of hydrogen-bond acceptors (Lipinski definition) is 5. The third kappa shape index (κ3) is 3.40. The number of nitrogens with one attached hydrogen (secondary N) is 2. The van der Waals surface area contributed by atoms with Crippen LogP contribution in [0.15, 0.2) is 30.9 Å². The lowest BCUT2D eigenvalue weighted by molar-refractivity contribution is 0.232. The lowest BCUT2D eigenvalue weighted by atomic mass is 9.99. The van der Waals surface area contributed by atoms with Crippen molar-refractivity contribution in [1.29, 1.82) is 0 Å². The maximum absolute atomic E-state index is 13.9. The molecule has 2 heterocycles. The number of nitrogens with zero attached hydrogens (tertiary/aromatic N) is 3. The summed E-state index contributed by atoms with van der Waals surface area (Å²) in [5, 5.41) is 13.1. The van der Waals surface area contributed by atoms with Crippen molar-refractivity contribution in [3.05, 3.63) is 47.3 Å². The van der Waals surface area contributed by atoms with E-state index in [1.807, 2.05) is 0 Å². The van der Waals surface area contributed by atoms with Crippen molar-refractivity contribution in [1.82, 2.24) is 19.9 Å². The first-order valence-corrected chi connectivity index (χ1v) is 7.48. The zero-order chi connectivity index (χ0) is 16.2. The molecule has 0 saturated carbocycles. The minimum atomic E-state index is -0.367. The minimum Gasteiger partial charge on any atom is -0.396 e. The summed E-state index contributed by atoms with van der Waals surface area (Å²) in [6.07, 6.45) is 3.27. The monoisotopic (exact) mass is 335 g/mol. The summed E-state index contributed by atoms with van der Waals surface area (Å²) in [5.41, 5.74) is 1.65. The van der Waals surface area contributed by atoms with Gasteiger partial charge in [0.25, 0.3) is 0 Å². The Morgan fingerprint density at radius 3 is 2.96 bits per heavy atom. The largest absolute Gasteiger partial charge is 0.396 e. The van der Waals surface area contributed by atoms with E-state index in [0.717, 1.165) is 0 Å². The van der Waals surface area contributed by atoms with Crippen LogP contribution in [0.25, 0.3) is 11.2 Å². The first kappa shape index (κ1) is 15.6. The molecule has 0 saturated heterocycles. The van der Waals surface area contributed by atoms with E-state index in [0.29, 0.717) is 40.5 Å². The quantitative estimate of drug-likeness (QED) is 0.644. The van der Waals surface area contributed by atoms with Crippen molar-refractivity contribution in [2.24, 2.45) is 5.92 Å². The van der Waals surface area contributed by atoms with Crippen LogP contribution in [0.2, 0.25) is 5.02 Å². The lowest BCUT2D eigenvalue weighted by Crippen LogP contribution is -2.21. The highest BCUT2D eigenvalue weighted by molar-refractivity contribution is 6.31. The molecule has 0 aliphatic rings. The number of halogens is 2. The van der Waals surface area contributed by atoms with E-state index in [1.54, 1.807) is 12.1 Å². The molecule has 0 spiro atoms. The van der Waals surface area contributed by atoms with E-state index < -0.39 is 0 Å². The number of rotatable bonds is 6. The molecular weight excluding hydrogens is 321 g/mol. The van der Waals surface area contributed by atoms with Gasteiger partial charge in [-0.25, -0.2) is 19.3 Å². The van der Waals surface area contributed by atoms with Crippen molar-refractivity contribution in [2.75, 3.05) is 18.5 Å². The van der Waals surface area contributed by atoms with E-state index in [9.17, 15) is 9.50 Å². The number of fused-ring (bicyclic) bond motifs is 1. The zero-order valence-electron chi connectivity index (χ0n) is 12.1. The molecule has 3 rings (SSSR count). The number of aliphatic hydroxyl groups excluding tert-OH is 1. The highest BCUT2D eigenvalue weighted by Gasteiger charge is 2.15. The Kier molecular flexibility index (Phi) is 4.68. The van der Waals surface area contributed by atoms with E-state index in [1.165, 1.54) is 18.7 Å². The summed E-state index contributed by atoms with van der Waals surface area (Å²) in [4.78, 5) is 15.2. The highest BCUT2D eigenvalue weighted by atomic mass is 35.5. The number of imidazole rings is 1. The van der Waals surface area contributed by atoms with Crippen LogP contribution in [0.5, 0.6) is 0 Å². The van der Waals surface area contributed by atoms with Crippen molar-refractivity contribution in [3.63, 3.8) is 0 Å². The first-order valence-electron chi connectivity index (χ1n) is 7.10. The molecule has 23 heavy (non-hydrogen) atoms. The van der Waals surface area contributed by atoms with Crippen LogP contribution in [0.1, 0.15) is 5.56 Å². The van der Waals surface area contributed by atoms with Gasteiger partial charge in [0.15, 0.2) is 11.5 Å². The molecule has 1 aromatic carbocycles. The highest BCUT2D eigenvalue weighted by Crippen LogP contribution is 2.23. The minimum absolute atomic E-state index is 0.102. The molecule has 8 heteroatoms. The Bertz CT molecular complexity index is 789. The summed E-state index contributed by atoms with van der Waals surface area (Å²) in [6, 6.07) is 4.56. The maximum Gasteiger partial charge on any atom is 0.182 e. The van der Waals surface area contributed by atoms with Gasteiger partial charge in [-0.15, -0.1) is 0 Å². The third-order valence-corrected chi connectivity index (χ3v) is 3.95. The Morgan fingerprint density at radius 2 is 2.17 bits per heavy atom. The second-order valence-electron chi connectivity index (χ2n) is 5.16. The van der Waals surface area contributed by atoms with Crippen LogP contribution in [0, 0.1) is 11.7 Å². The van der Waals surface area contributed by atoms with Gasteiger partial charge in [0.1, 0.15) is 17.7 Å². The van der Waals surface area contributed by atoms with Crippen molar-refractivity contribution >= 4 is 28.6 Å². The standard InChI is InChI=1S/C15H15ClFN5O/c16-11-2-1-3-12(17)10(11)4-9(6-23)5-18-14-13-15(20-7-19-13)22-8-21-14/h1-3,7-9,23H,4-6H2,(H2,18,19,20,21,22)/t9-/m1/s1. The molecule has 120 valence electrons. The van der Waals surface area contributed by atoms with Crippen LogP contribution < -0.4 is 5.32 Å². The van der Waals surface area contributed by atoms with Gasteiger partial charge in [-0.2, -0.15) is 0 Å². The Morgan fingerprint density at radius 1 is 1.30 bits per heavy atom. The van der Waals surface area contributed by atoms with E-state index >= 15 is 0 Å². The first-order chi connectivity index (χ1) is 11.2. The SMILES string of the molecule is OC[C@@H](CNc1ncnc2nc[nH]c12)Cc1c(F)cccc1Cl. The van der Waals surface area contributed by atoms with Crippen LogP contribution in [-0.2, 0) is 6.42 Å². The molecule has 0 radical (unpaired) electrons. The fraction of sp³-hybridized carbons (Fsp3) is 0.267. The molecule has 3 N–H and O–H groups in total. The molecule has 0 aliphatic heterocycles. The van der Waals surface area contributed by atoms with Gasteiger partial charge in [-0.05, 0) is 18.6 Å². The Hall–Kier alpha value is -2.25. The molecule has 6 nitrogen and oxygen atoms in total. The second-order valence-corrected chi connectivity index (χ2v) is 5.56. The molecular formula is C15H15ClFN5O. The van der Waals surface area contributed by atoms with Crippen molar-refractivity contribution < 1.29 is 9.50 Å². The number of H-pyrrole nitrogens is 1. The molecule has 0 amide bonds. The van der Waals surface area contributed by atoms with Gasteiger partial charge >= 0.3 is 0 Å². The average molecular weight is 336 g/mol. The summed E-state index contributed by atoms with van der Waals surface area (Å²) in [6.45, 7) is 0.307. The smallest absolute Gasteiger partial charge is 0.182 e. The molecule has 3 aromatic rings. The van der Waals surface area contributed by atoms with Gasteiger partial charge in [0, 0.05) is 29.7 Å². The number of anilines is 1. The molecule has 0 unspecified atom stereocenters. The summed E-state index contributed by atoms with van der Waals surface area (Å²) in [7, 11) is 0. The van der Waals surface area contributed by atoms with Crippen LogP contribution in [0.3, 0.4) is 0 Å². The van der Waals surface area contributed by atoms with E-state index in [-0.39, 0.29) is 18.3 Å². The Labute approximate surface area is 136 Å². The van der Waals surface area contributed by atoms with Gasteiger partial charge in [0.2, 0.25) is 0 Å². The van der Waals surface area contributed by atoms with Gasteiger partial charge in [-0.1, -0.05) is 17.7 Å². The number of aromatic amines is 1. The predicted molar refractivity (Wildman–Crippen MR) is 85.9 cm³/mol. The topological polar surface area (TPSA) is 86.7 Å². The molecule has 0 bridgehead atoms. The molecule has 0 fully saturated rings.